The third kappa shape index (κ3) is 6.17. The molecule has 0 fully saturated rings. The molecule has 3 heteroatoms. The normalized spacial score (nSPS) is 10.2. The van der Waals surface area contributed by atoms with Crippen molar-refractivity contribution in [3.63, 3.8) is 0 Å². The Morgan fingerprint density at radius 3 is 1.92 bits per heavy atom. The lowest BCUT2D eigenvalue weighted by atomic mass is 10.3. The van der Waals surface area contributed by atoms with Crippen molar-refractivity contribution in [2.24, 2.45) is 0 Å². The first kappa shape index (κ1) is 11.4. The minimum absolute atomic E-state index is 0.195. The lowest BCUT2D eigenvalue weighted by Gasteiger charge is -2.18. The van der Waals surface area contributed by atoms with Crippen LogP contribution in [0.25, 0.3) is 0 Å². The summed E-state index contributed by atoms with van der Waals surface area (Å²) in [4.78, 5) is 2.05. The van der Waals surface area contributed by atoms with Crippen molar-refractivity contribution >= 4 is 0 Å². The third-order valence-electron chi connectivity index (χ3n) is 1.58. The minimum atomic E-state index is 0.195. The number of aliphatic hydroxyl groups is 2. The van der Waals surface area contributed by atoms with Crippen LogP contribution in [0.3, 0.4) is 0 Å². The van der Waals surface area contributed by atoms with E-state index in [1.165, 1.54) is 0 Å². The third-order valence-corrected chi connectivity index (χ3v) is 1.58. The lowest BCUT2D eigenvalue weighted by Crippen LogP contribution is -2.27. The van der Waals surface area contributed by atoms with E-state index < -0.39 is 0 Å². The summed E-state index contributed by atoms with van der Waals surface area (Å²) >= 11 is 0. The van der Waals surface area contributed by atoms with Gasteiger partial charge in [0, 0.05) is 26.3 Å². The Balaban J connectivity index is 3.48. The summed E-state index contributed by atoms with van der Waals surface area (Å²) < 4.78 is 0. The highest BCUT2D eigenvalue weighted by molar-refractivity contribution is 4.87. The van der Waals surface area contributed by atoms with E-state index in [0.717, 1.165) is 25.9 Å². The molecule has 2 N–H and O–H groups in total. The van der Waals surface area contributed by atoms with E-state index in [9.17, 15) is 0 Å². The average Bonchev–Trinajstić information content (AvgIpc) is 2.10. The van der Waals surface area contributed by atoms with Gasteiger partial charge in [0.05, 0.1) is 6.54 Å². The van der Waals surface area contributed by atoms with Crippen LogP contribution in [0.4, 0.5) is 0 Å². The fourth-order valence-corrected chi connectivity index (χ4v) is 0.988. The van der Waals surface area contributed by atoms with E-state index in [1.54, 1.807) is 0 Å². The number of rotatable bonds is 7. The Labute approximate surface area is 74.0 Å². The Morgan fingerprint density at radius 1 is 1.08 bits per heavy atom. The van der Waals surface area contributed by atoms with Crippen molar-refractivity contribution in [3.8, 4) is 12.3 Å². The number of terminal acetylenes is 1. The minimum Gasteiger partial charge on any atom is -0.396 e. The van der Waals surface area contributed by atoms with Gasteiger partial charge in [-0.2, -0.15) is 0 Å². The molecule has 0 aliphatic carbocycles. The van der Waals surface area contributed by atoms with Gasteiger partial charge in [-0.25, -0.2) is 0 Å². The van der Waals surface area contributed by atoms with E-state index in [2.05, 4.69) is 5.92 Å². The van der Waals surface area contributed by atoms with Crippen LogP contribution < -0.4 is 0 Å². The molecule has 0 heterocycles. The maximum Gasteiger partial charge on any atom is 0.0598 e. The number of hydrogen-bond donors (Lipinski definition) is 2. The van der Waals surface area contributed by atoms with Crippen LogP contribution >= 0.6 is 0 Å². The van der Waals surface area contributed by atoms with Crippen LogP contribution in [-0.4, -0.2) is 48.0 Å². The zero-order valence-corrected chi connectivity index (χ0v) is 7.37. The fourth-order valence-electron chi connectivity index (χ4n) is 0.988. The van der Waals surface area contributed by atoms with Gasteiger partial charge in [-0.15, -0.1) is 6.42 Å². The first-order chi connectivity index (χ1) is 5.85. The highest BCUT2D eigenvalue weighted by Gasteiger charge is 2.00. The van der Waals surface area contributed by atoms with Gasteiger partial charge in [0.25, 0.3) is 0 Å². The van der Waals surface area contributed by atoms with Crippen LogP contribution in [0.5, 0.6) is 0 Å². The highest BCUT2D eigenvalue weighted by atomic mass is 16.3. The summed E-state index contributed by atoms with van der Waals surface area (Å²) in [6, 6.07) is 0. The zero-order valence-electron chi connectivity index (χ0n) is 7.37. The molecule has 0 saturated carbocycles. The second-order valence-electron chi connectivity index (χ2n) is 2.63. The molecular formula is C9H17NO2. The van der Waals surface area contributed by atoms with Gasteiger partial charge >= 0.3 is 0 Å². The molecule has 0 aromatic heterocycles. The second kappa shape index (κ2) is 8.54. The molecule has 0 aromatic carbocycles. The standard InChI is InChI=1S/C9H17NO2/c1-2-5-10(6-3-8-11)7-4-9-12/h1,11-12H,3-9H2. The molecule has 0 aromatic rings. The maximum atomic E-state index is 8.58. The van der Waals surface area contributed by atoms with Crippen LogP contribution in [-0.2, 0) is 0 Å². The molecular weight excluding hydrogens is 154 g/mol. The number of hydrogen-bond acceptors (Lipinski definition) is 3. The highest BCUT2D eigenvalue weighted by Crippen LogP contribution is 1.92. The van der Waals surface area contributed by atoms with Crippen LogP contribution in [0.2, 0.25) is 0 Å². The number of aliphatic hydroxyl groups excluding tert-OH is 2. The molecule has 0 amide bonds. The first-order valence-electron chi connectivity index (χ1n) is 4.22. The van der Waals surface area contributed by atoms with Crippen molar-refractivity contribution < 1.29 is 10.2 Å². The fraction of sp³-hybridized carbons (Fsp3) is 0.778. The number of nitrogens with zero attached hydrogens (tertiary/aromatic N) is 1. The Morgan fingerprint density at radius 2 is 1.58 bits per heavy atom. The Kier molecular flexibility index (Phi) is 8.14. The smallest absolute Gasteiger partial charge is 0.0598 e. The van der Waals surface area contributed by atoms with Gasteiger partial charge in [-0.3, -0.25) is 4.90 Å². The lowest BCUT2D eigenvalue weighted by molar-refractivity contribution is 0.215. The first-order valence-corrected chi connectivity index (χ1v) is 4.22. The van der Waals surface area contributed by atoms with Crippen LogP contribution in [0.1, 0.15) is 12.8 Å². The molecule has 0 bridgehead atoms. The van der Waals surface area contributed by atoms with Crippen molar-refractivity contribution in [3.05, 3.63) is 0 Å². The van der Waals surface area contributed by atoms with Gasteiger partial charge in [0.1, 0.15) is 0 Å². The van der Waals surface area contributed by atoms with E-state index in [4.69, 9.17) is 16.6 Å². The summed E-state index contributed by atoms with van der Waals surface area (Å²) in [6.45, 7) is 2.60. The zero-order chi connectivity index (χ0) is 9.23. The summed E-state index contributed by atoms with van der Waals surface area (Å²) in [6.07, 6.45) is 6.64. The molecule has 0 saturated heterocycles. The van der Waals surface area contributed by atoms with E-state index in [0.29, 0.717) is 6.54 Å². The Bertz CT molecular complexity index is 123. The van der Waals surface area contributed by atoms with Gasteiger partial charge in [-0.1, -0.05) is 5.92 Å². The molecule has 70 valence electrons. The molecule has 0 radical (unpaired) electrons. The predicted octanol–water partition coefficient (Wildman–Crippen LogP) is -0.314. The SMILES string of the molecule is C#CCN(CCCO)CCCO. The topological polar surface area (TPSA) is 43.7 Å². The largest absolute Gasteiger partial charge is 0.396 e. The van der Waals surface area contributed by atoms with E-state index in [-0.39, 0.29) is 13.2 Å². The van der Waals surface area contributed by atoms with E-state index in [1.807, 2.05) is 4.90 Å². The van der Waals surface area contributed by atoms with Crippen LogP contribution in [0, 0.1) is 12.3 Å². The van der Waals surface area contributed by atoms with Crippen molar-refractivity contribution in [2.45, 2.75) is 12.8 Å². The monoisotopic (exact) mass is 171 g/mol. The maximum absolute atomic E-state index is 8.58. The Hall–Kier alpha value is -0.560. The second-order valence-corrected chi connectivity index (χ2v) is 2.63. The van der Waals surface area contributed by atoms with Gasteiger partial charge in [-0.05, 0) is 12.8 Å². The predicted molar refractivity (Wildman–Crippen MR) is 48.7 cm³/mol. The molecule has 0 rings (SSSR count). The molecule has 3 nitrogen and oxygen atoms in total. The molecule has 0 spiro atoms. The van der Waals surface area contributed by atoms with Gasteiger partial charge in [0.2, 0.25) is 0 Å². The molecule has 0 atom stereocenters. The van der Waals surface area contributed by atoms with Crippen molar-refractivity contribution in [1.82, 2.24) is 4.90 Å². The summed E-state index contributed by atoms with van der Waals surface area (Å²) in [5, 5.41) is 17.2. The molecule has 0 aliphatic heterocycles. The van der Waals surface area contributed by atoms with Crippen LogP contribution in [0.15, 0.2) is 0 Å². The summed E-state index contributed by atoms with van der Waals surface area (Å²) in [5.74, 6) is 2.55. The molecule has 0 unspecified atom stereocenters. The molecule has 0 aliphatic rings. The van der Waals surface area contributed by atoms with Gasteiger partial charge in [0.15, 0.2) is 0 Å². The molecule has 12 heavy (non-hydrogen) atoms. The van der Waals surface area contributed by atoms with Gasteiger partial charge < -0.3 is 10.2 Å². The van der Waals surface area contributed by atoms with Crippen molar-refractivity contribution in [2.75, 3.05) is 32.8 Å². The summed E-state index contributed by atoms with van der Waals surface area (Å²) in [5.41, 5.74) is 0. The quantitative estimate of drug-likeness (QED) is 0.516. The average molecular weight is 171 g/mol. The van der Waals surface area contributed by atoms with Crippen molar-refractivity contribution in [1.29, 1.82) is 0 Å². The van der Waals surface area contributed by atoms with E-state index >= 15 is 0 Å². The summed E-state index contributed by atoms with van der Waals surface area (Å²) in [7, 11) is 0.